The summed E-state index contributed by atoms with van der Waals surface area (Å²) in [5.74, 6) is 1.67. The van der Waals surface area contributed by atoms with Gasteiger partial charge in [0.1, 0.15) is 5.76 Å². The lowest BCUT2D eigenvalue weighted by molar-refractivity contribution is -0.129. The summed E-state index contributed by atoms with van der Waals surface area (Å²) in [6.07, 6.45) is 2.11. The van der Waals surface area contributed by atoms with Crippen molar-refractivity contribution in [3.8, 4) is 0 Å². The van der Waals surface area contributed by atoms with Gasteiger partial charge in [-0.3, -0.25) is 9.59 Å². The summed E-state index contributed by atoms with van der Waals surface area (Å²) in [7, 11) is 0. The fourth-order valence-electron chi connectivity index (χ4n) is 2.81. The molecular formula is C19H23N3O3S. The number of carbonyl (C=O) groups excluding carboxylic acids is 2. The minimum atomic E-state index is -0.442. The fourth-order valence-corrected chi connectivity index (χ4v) is 3.87. The monoisotopic (exact) mass is 373 g/mol. The molecule has 2 N–H and O–H groups in total. The summed E-state index contributed by atoms with van der Waals surface area (Å²) >= 11 is 1.59. The molecule has 0 aliphatic heterocycles. The predicted octanol–water partition coefficient (Wildman–Crippen LogP) is 2.81. The van der Waals surface area contributed by atoms with E-state index in [1.54, 1.807) is 23.9 Å². The van der Waals surface area contributed by atoms with Crippen molar-refractivity contribution in [2.45, 2.75) is 45.0 Å². The summed E-state index contributed by atoms with van der Waals surface area (Å²) in [4.78, 5) is 25.8. The smallest absolute Gasteiger partial charge is 0.248 e. The molecule has 0 unspecified atom stereocenters. The van der Waals surface area contributed by atoms with Gasteiger partial charge in [0.15, 0.2) is 0 Å². The first-order chi connectivity index (χ1) is 12.5. The molecule has 6 nitrogen and oxygen atoms in total. The van der Waals surface area contributed by atoms with Crippen molar-refractivity contribution in [2.24, 2.45) is 5.73 Å². The first-order valence-corrected chi connectivity index (χ1v) is 9.79. The van der Waals surface area contributed by atoms with Gasteiger partial charge in [-0.1, -0.05) is 17.3 Å². The molecule has 1 aromatic carbocycles. The Morgan fingerprint density at radius 1 is 1.27 bits per heavy atom. The molecule has 1 aliphatic carbocycles. The van der Waals surface area contributed by atoms with E-state index in [2.05, 4.69) is 5.16 Å². The van der Waals surface area contributed by atoms with Gasteiger partial charge in [-0.05, 0) is 44.4 Å². The SMILES string of the molecule is Cc1noc(C)c1CSCC(=O)N(Cc1ccc(C(N)=O)cc1)C1CC1. The van der Waals surface area contributed by atoms with Gasteiger partial charge < -0.3 is 15.2 Å². The van der Waals surface area contributed by atoms with E-state index in [-0.39, 0.29) is 5.91 Å². The Balaban J connectivity index is 1.57. The highest BCUT2D eigenvalue weighted by molar-refractivity contribution is 7.99. The molecule has 0 saturated heterocycles. The first-order valence-electron chi connectivity index (χ1n) is 8.63. The van der Waals surface area contributed by atoms with Crippen LogP contribution in [0.5, 0.6) is 0 Å². The molecule has 0 atom stereocenters. The lowest BCUT2D eigenvalue weighted by Gasteiger charge is -2.22. The molecule has 3 rings (SSSR count). The predicted molar refractivity (Wildman–Crippen MR) is 101 cm³/mol. The van der Waals surface area contributed by atoms with Crippen molar-refractivity contribution >= 4 is 23.6 Å². The Morgan fingerprint density at radius 2 is 1.96 bits per heavy atom. The van der Waals surface area contributed by atoms with Gasteiger partial charge in [-0.2, -0.15) is 0 Å². The van der Waals surface area contributed by atoms with E-state index in [0.717, 1.165) is 41.2 Å². The summed E-state index contributed by atoms with van der Waals surface area (Å²) in [6, 6.07) is 7.47. The van der Waals surface area contributed by atoms with E-state index >= 15 is 0 Å². The molecule has 1 fully saturated rings. The van der Waals surface area contributed by atoms with Crippen molar-refractivity contribution < 1.29 is 14.1 Å². The highest BCUT2D eigenvalue weighted by atomic mass is 32.2. The molecule has 2 amide bonds. The van der Waals surface area contributed by atoms with Gasteiger partial charge in [0, 0.05) is 29.5 Å². The Kier molecular flexibility index (Phi) is 5.66. The zero-order chi connectivity index (χ0) is 18.7. The van der Waals surface area contributed by atoms with E-state index in [9.17, 15) is 9.59 Å². The maximum absolute atomic E-state index is 12.7. The van der Waals surface area contributed by atoms with Gasteiger partial charge in [-0.15, -0.1) is 11.8 Å². The van der Waals surface area contributed by atoms with Crippen molar-refractivity contribution in [2.75, 3.05) is 5.75 Å². The lowest BCUT2D eigenvalue weighted by atomic mass is 10.1. The second kappa shape index (κ2) is 7.95. The van der Waals surface area contributed by atoms with E-state index in [1.165, 1.54) is 0 Å². The molecular weight excluding hydrogens is 350 g/mol. The fraction of sp³-hybridized carbons (Fsp3) is 0.421. The van der Waals surface area contributed by atoms with Crippen molar-refractivity contribution in [3.63, 3.8) is 0 Å². The Morgan fingerprint density at radius 3 is 2.50 bits per heavy atom. The van der Waals surface area contributed by atoms with Crippen molar-refractivity contribution in [1.82, 2.24) is 10.1 Å². The molecule has 0 bridgehead atoms. The zero-order valence-electron chi connectivity index (χ0n) is 15.0. The molecule has 26 heavy (non-hydrogen) atoms. The van der Waals surface area contributed by atoms with Crippen LogP contribution in [0.15, 0.2) is 28.8 Å². The number of carbonyl (C=O) groups is 2. The van der Waals surface area contributed by atoms with Crippen LogP contribution < -0.4 is 5.73 Å². The summed E-state index contributed by atoms with van der Waals surface area (Å²) < 4.78 is 5.16. The highest BCUT2D eigenvalue weighted by Gasteiger charge is 2.32. The van der Waals surface area contributed by atoms with Crippen LogP contribution in [0.4, 0.5) is 0 Å². The van der Waals surface area contributed by atoms with Gasteiger partial charge >= 0.3 is 0 Å². The standard InChI is InChI=1S/C19H23N3O3S/c1-12-17(13(2)25-21-12)10-26-11-18(23)22(16-7-8-16)9-14-3-5-15(6-4-14)19(20)24/h3-6,16H,7-11H2,1-2H3,(H2,20,24). The third kappa shape index (κ3) is 4.46. The molecule has 1 saturated carbocycles. The molecule has 1 aliphatic rings. The van der Waals surface area contributed by atoms with Crippen molar-refractivity contribution in [3.05, 3.63) is 52.4 Å². The number of amides is 2. The van der Waals surface area contributed by atoms with Crippen LogP contribution in [0.1, 0.15) is 45.8 Å². The quantitative estimate of drug-likeness (QED) is 0.768. The minimum Gasteiger partial charge on any atom is -0.366 e. The molecule has 1 heterocycles. The molecule has 0 radical (unpaired) electrons. The molecule has 7 heteroatoms. The van der Waals surface area contributed by atoms with Gasteiger partial charge in [0.25, 0.3) is 0 Å². The number of aryl methyl sites for hydroxylation is 2. The number of thioether (sulfide) groups is 1. The van der Waals surface area contributed by atoms with Crippen LogP contribution in [0.2, 0.25) is 0 Å². The molecule has 2 aromatic rings. The molecule has 0 spiro atoms. The number of nitrogens with zero attached hydrogens (tertiary/aromatic N) is 2. The number of benzene rings is 1. The van der Waals surface area contributed by atoms with E-state index in [0.29, 0.717) is 23.9 Å². The second-order valence-corrected chi connectivity index (χ2v) is 7.60. The maximum Gasteiger partial charge on any atom is 0.248 e. The third-order valence-electron chi connectivity index (χ3n) is 4.55. The highest BCUT2D eigenvalue weighted by Crippen LogP contribution is 2.29. The van der Waals surface area contributed by atoms with Crippen molar-refractivity contribution in [1.29, 1.82) is 0 Å². The number of hydrogen-bond donors (Lipinski definition) is 1. The van der Waals surface area contributed by atoms with Gasteiger partial charge in [0.2, 0.25) is 11.8 Å². The average molecular weight is 373 g/mol. The van der Waals surface area contributed by atoms with E-state index in [1.807, 2.05) is 30.9 Å². The topological polar surface area (TPSA) is 89.4 Å². The minimum absolute atomic E-state index is 0.142. The van der Waals surface area contributed by atoms with Gasteiger partial charge in [-0.25, -0.2) is 0 Å². The second-order valence-electron chi connectivity index (χ2n) is 6.61. The lowest BCUT2D eigenvalue weighted by Crippen LogP contribution is -2.34. The Hall–Kier alpha value is -2.28. The van der Waals surface area contributed by atoms with Crippen LogP contribution in [0.25, 0.3) is 0 Å². The van der Waals surface area contributed by atoms with Crippen LogP contribution in [-0.4, -0.2) is 33.7 Å². The van der Waals surface area contributed by atoms with Crippen LogP contribution >= 0.6 is 11.8 Å². The van der Waals surface area contributed by atoms with Gasteiger partial charge in [0.05, 0.1) is 11.4 Å². The van der Waals surface area contributed by atoms with E-state index < -0.39 is 5.91 Å². The number of aromatic nitrogens is 1. The largest absolute Gasteiger partial charge is 0.366 e. The number of primary amides is 1. The Labute approximate surface area is 157 Å². The van der Waals surface area contributed by atoms with Crippen LogP contribution in [-0.2, 0) is 17.1 Å². The van der Waals surface area contributed by atoms with Crippen LogP contribution in [0, 0.1) is 13.8 Å². The number of nitrogens with two attached hydrogens (primary N) is 1. The zero-order valence-corrected chi connectivity index (χ0v) is 15.8. The normalized spacial score (nSPS) is 13.6. The van der Waals surface area contributed by atoms with Crippen LogP contribution in [0.3, 0.4) is 0 Å². The first kappa shape index (κ1) is 18.5. The average Bonchev–Trinajstić information content (AvgIpc) is 3.41. The van der Waals surface area contributed by atoms with E-state index in [4.69, 9.17) is 10.3 Å². The summed E-state index contributed by atoms with van der Waals surface area (Å²) in [5, 5.41) is 3.95. The third-order valence-corrected chi connectivity index (χ3v) is 5.50. The maximum atomic E-state index is 12.7. The summed E-state index contributed by atoms with van der Waals surface area (Å²) in [6.45, 7) is 4.37. The Bertz CT molecular complexity index is 777. The molecule has 1 aromatic heterocycles. The summed E-state index contributed by atoms with van der Waals surface area (Å²) in [5.41, 5.74) is 8.71. The number of rotatable bonds is 8. The molecule has 138 valence electrons. The number of hydrogen-bond acceptors (Lipinski definition) is 5.